The molecular weight excluding hydrogens is 217 g/mol. The highest BCUT2D eigenvalue weighted by Gasteiger charge is 2.49. The molecule has 0 amide bonds. The van der Waals surface area contributed by atoms with Crippen molar-refractivity contribution in [2.75, 3.05) is 7.05 Å². The number of thiol groups is 1. The molecule has 2 N–H and O–H groups in total. The fourth-order valence-electron chi connectivity index (χ4n) is 1.99. The summed E-state index contributed by atoms with van der Waals surface area (Å²) < 4.78 is 0. The molecule has 0 spiro atoms. The monoisotopic (exact) mass is 243 g/mol. The molecular formula is C12H26BNOS. The van der Waals surface area contributed by atoms with Gasteiger partial charge in [-0.25, -0.2) is 0 Å². The van der Waals surface area contributed by atoms with Crippen LogP contribution in [0.5, 0.6) is 0 Å². The fraction of sp³-hybridized carbons (Fsp3) is 0.833. The first-order valence-electron chi connectivity index (χ1n) is 5.70. The molecule has 3 unspecified atom stereocenters. The topological polar surface area (TPSA) is 32.3 Å². The van der Waals surface area contributed by atoms with Crippen LogP contribution in [0.2, 0.25) is 5.31 Å². The van der Waals surface area contributed by atoms with Gasteiger partial charge in [0.05, 0.1) is 0 Å². The maximum Gasteiger partial charge on any atom is 0.123 e. The van der Waals surface area contributed by atoms with Crippen molar-refractivity contribution in [2.45, 2.75) is 50.9 Å². The smallest absolute Gasteiger partial charge is 0.123 e. The van der Waals surface area contributed by atoms with Crippen molar-refractivity contribution < 1.29 is 5.11 Å². The van der Waals surface area contributed by atoms with Crippen LogP contribution in [-0.4, -0.2) is 31.0 Å². The standard InChI is InChI=1S/C12H26BNOS/c1-8(10(3,4)13)11(5,9(2)16)12(6,15)14-7/h9,14-16H,1,13H2,2-7H3. The molecule has 0 aliphatic rings. The quantitative estimate of drug-likeness (QED) is 0.297. The SMILES string of the molecule is BC(C)(C)C(=C)C(C)(C(C)S)C(C)(O)NC. The van der Waals surface area contributed by atoms with Crippen molar-refractivity contribution in [2.24, 2.45) is 5.41 Å². The van der Waals surface area contributed by atoms with Crippen LogP contribution >= 0.6 is 12.6 Å². The summed E-state index contributed by atoms with van der Waals surface area (Å²) in [6, 6.07) is 0. The Bertz CT molecular complexity index is 271. The van der Waals surface area contributed by atoms with Crippen LogP contribution in [0, 0.1) is 5.41 Å². The highest BCUT2D eigenvalue weighted by atomic mass is 32.1. The number of aliphatic hydroxyl groups is 1. The molecule has 0 aliphatic heterocycles. The van der Waals surface area contributed by atoms with Gasteiger partial charge in [0.1, 0.15) is 13.6 Å². The van der Waals surface area contributed by atoms with Crippen molar-refractivity contribution in [1.82, 2.24) is 5.32 Å². The van der Waals surface area contributed by atoms with Crippen LogP contribution in [-0.2, 0) is 0 Å². The predicted octanol–water partition coefficient (Wildman–Crippen LogP) is 1.63. The average Bonchev–Trinajstić information content (AvgIpc) is 2.13. The van der Waals surface area contributed by atoms with E-state index in [1.54, 1.807) is 14.0 Å². The second-order valence-electron chi connectivity index (χ2n) is 5.93. The normalized spacial score (nSPS) is 22.0. The Balaban J connectivity index is 5.56. The van der Waals surface area contributed by atoms with E-state index in [9.17, 15) is 5.11 Å². The first-order chi connectivity index (χ1) is 6.91. The fourth-order valence-corrected chi connectivity index (χ4v) is 2.40. The lowest BCUT2D eigenvalue weighted by atomic mass is 9.56. The van der Waals surface area contributed by atoms with Gasteiger partial charge in [-0.2, -0.15) is 12.6 Å². The maximum atomic E-state index is 10.5. The van der Waals surface area contributed by atoms with Crippen LogP contribution < -0.4 is 5.32 Å². The van der Waals surface area contributed by atoms with E-state index < -0.39 is 11.1 Å². The molecule has 4 heteroatoms. The molecule has 0 radical (unpaired) electrons. The number of nitrogens with one attached hydrogen (secondary N) is 1. The van der Waals surface area contributed by atoms with Crippen molar-refractivity contribution in [1.29, 1.82) is 0 Å². The van der Waals surface area contributed by atoms with Gasteiger partial charge in [0.2, 0.25) is 0 Å². The summed E-state index contributed by atoms with van der Waals surface area (Å²) in [6.45, 7) is 14.2. The zero-order valence-corrected chi connectivity index (χ0v) is 12.6. The molecule has 94 valence electrons. The van der Waals surface area contributed by atoms with Gasteiger partial charge >= 0.3 is 0 Å². The van der Waals surface area contributed by atoms with E-state index in [0.717, 1.165) is 5.57 Å². The van der Waals surface area contributed by atoms with Crippen LogP contribution in [0.25, 0.3) is 0 Å². The molecule has 0 aliphatic carbocycles. The molecule has 0 saturated carbocycles. The maximum absolute atomic E-state index is 10.5. The zero-order chi connectivity index (χ0) is 13.4. The molecule has 0 rings (SSSR count). The van der Waals surface area contributed by atoms with E-state index in [1.807, 2.05) is 13.8 Å². The van der Waals surface area contributed by atoms with Gasteiger partial charge in [-0.1, -0.05) is 39.8 Å². The summed E-state index contributed by atoms with van der Waals surface area (Å²) in [6.07, 6.45) is 0. The highest BCUT2D eigenvalue weighted by molar-refractivity contribution is 7.81. The van der Waals surface area contributed by atoms with Crippen LogP contribution in [0.3, 0.4) is 0 Å². The molecule has 0 heterocycles. The van der Waals surface area contributed by atoms with Crippen molar-refractivity contribution in [3.05, 3.63) is 12.2 Å². The molecule has 2 nitrogen and oxygen atoms in total. The molecule has 0 saturated heterocycles. The van der Waals surface area contributed by atoms with E-state index in [1.165, 1.54) is 0 Å². The Morgan fingerprint density at radius 1 is 1.38 bits per heavy atom. The van der Waals surface area contributed by atoms with Gasteiger partial charge in [0, 0.05) is 10.7 Å². The van der Waals surface area contributed by atoms with Gasteiger partial charge in [-0.15, -0.1) is 0 Å². The zero-order valence-electron chi connectivity index (χ0n) is 11.7. The minimum atomic E-state index is -1.03. The van der Waals surface area contributed by atoms with E-state index in [4.69, 9.17) is 0 Å². The van der Waals surface area contributed by atoms with E-state index in [-0.39, 0.29) is 10.6 Å². The number of hydrogen-bond acceptors (Lipinski definition) is 3. The van der Waals surface area contributed by atoms with Crippen molar-refractivity contribution >= 4 is 20.5 Å². The lowest BCUT2D eigenvalue weighted by Gasteiger charge is -2.50. The molecule has 16 heavy (non-hydrogen) atoms. The first kappa shape index (κ1) is 16.1. The largest absolute Gasteiger partial charge is 0.375 e. The summed E-state index contributed by atoms with van der Waals surface area (Å²) in [4.78, 5) is 0. The average molecular weight is 243 g/mol. The minimum absolute atomic E-state index is 0.00155. The summed E-state index contributed by atoms with van der Waals surface area (Å²) in [5.74, 6) is 0. The molecule has 0 aromatic rings. The Hall–Kier alpha value is 0.0749. The van der Waals surface area contributed by atoms with Gasteiger partial charge < -0.3 is 5.11 Å². The highest BCUT2D eigenvalue weighted by Crippen LogP contribution is 2.50. The molecule has 0 fully saturated rings. The molecule has 0 bridgehead atoms. The minimum Gasteiger partial charge on any atom is -0.375 e. The second kappa shape index (κ2) is 4.75. The Labute approximate surface area is 107 Å². The van der Waals surface area contributed by atoms with E-state index in [0.29, 0.717) is 0 Å². The Morgan fingerprint density at radius 3 is 1.94 bits per heavy atom. The second-order valence-corrected chi connectivity index (χ2v) is 6.70. The van der Waals surface area contributed by atoms with Crippen molar-refractivity contribution in [3.63, 3.8) is 0 Å². The first-order valence-corrected chi connectivity index (χ1v) is 6.22. The summed E-state index contributed by atoms with van der Waals surface area (Å²) in [5, 5.41) is 13.4. The van der Waals surface area contributed by atoms with Gasteiger partial charge in [-0.3, -0.25) is 5.32 Å². The molecule has 0 aromatic carbocycles. The molecule has 3 atom stereocenters. The predicted molar refractivity (Wildman–Crippen MR) is 78.0 cm³/mol. The third-order valence-electron chi connectivity index (χ3n) is 3.87. The summed E-state index contributed by atoms with van der Waals surface area (Å²) in [7, 11) is 3.86. The van der Waals surface area contributed by atoms with Crippen LogP contribution in [0.4, 0.5) is 0 Å². The van der Waals surface area contributed by atoms with E-state index in [2.05, 4.69) is 46.2 Å². The lowest BCUT2D eigenvalue weighted by Crippen LogP contribution is -2.59. The van der Waals surface area contributed by atoms with E-state index >= 15 is 0 Å². The van der Waals surface area contributed by atoms with Gasteiger partial charge in [-0.05, 0) is 19.3 Å². The third-order valence-corrected chi connectivity index (χ3v) is 4.38. The van der Waals surface area contributed by atoms with Gasteiger partial charge in [0.25, 0.3) is 0 Å². The number of rotatable bonds is 5. The van der Waals surface area contributed by atoms with Crippen LogP contribution in [0.15, 0.2) is 12.2 Å². The lowest BCUT2D eigenvalue weighted by molar-refractivity contribution is -0.0653. The number of hydrogen-bond donors (Lipinski definition) is 3. The third kappa shape index (κ3) is 2.66. The Morgan fingerprint density at radius 2 is 1.75 bits per heavy atom. The Kier molecular flexibility index (Phi) is 4.77. The summed E-state index contributed by atoms with van der Waals surface area (Å²) in [5.41, 5.74) is -0.524. The van der Waals surface area contributed by atoms with Crippen molar-refractivity contribution in [3.8, 4) is 0 Å². The summed E-state index contributed by atoms with van der Waals surface area (Å²) >= 11 is 4.54. The molecule has 0 aromatic heterocycles. The van der Waals surface area contributed by atoms with Gasteiger partial charge in [0.15, 0.2) is 0 Å². The van der Waals surface area contributed by atoms with Crippen LogP contribution in [0.1, 0.15) is 34.6 Å².